The van der Waals surface area contributed by atoms with Gasteiger partial charge in [-0.3, -0.25) is 18.7 Å². The molecular weight excluding hydrogens is 675 g/mol. The number of benzene rings is 2. The van der Waals surface area contributed by atoms with Crippen molar-refractivity contribution in [3.63, 3.8) is 0 Å². The highest BCUT2D eigenvalue weighted by Gasteiger charge is 2.14. The molecule has 0 aliphatic rings. The Balaban J connectivity index is 0.000000182. The second-order valence-electron chi connectivity index (χ2n) is 9.20. The summed E-state index contributed by atoms with van der Waals surface area (Å²) in [5, 5.41) is 3.15. The van der Waals surface area contributed by atoms with Crippen LogP contribution in [-0.2, 0) is 23.3 Å². The van der Waals surface area contributed by atoms with Gasteiger partial charge in [-0.05, 0) is 42.7 Å². The van der Waals surface area contributed by atoms with Gasteiger partial charge in [0.05, 0.1) is 17.2 Å². The van der Waals surface area contributed by atoms with Crippen molar-refractivity contribution in [2.45, 2.75) is 10.3 Å². The molecular formula is C30H24Cl2N6O6S2. The molecule has 0 radical (unpaired) electrons. The molecule has 0 aliphatic carbocycles. The minimum Gasteiger partial charge on any atom is -0.450 e. The van der Waals surface area contributed by atoms with E-state index in [-0.39, 0.29) is 22.6 Å². The zero-order valence-corrected chi connectivity index (χ0v) is 27.8. The molecule has 0 bridgehead atoms. The predicted molar refractivity (Wildman–Crippen MR) is 178 cm³/mol. The fourth-order valence-electron chi connectivity index (χ4n) is 4.04. The Bertz CT molecular complexity index is 2160. The van der Waals surface area contributed by atoms with Crippen molar-refractivity contribution in [3.8, 4) is 23.0 Å². The lowest BCUT2D eigenvalue weighted by Crippen LogP contribution is -2.19. The summed E-state index contributed by atoms with van der Waals surface area (Å²) in [6.45, 7) is 0. The summed E-state index contributed by atoms with van der Waals surface area (Å²) in [6.07, 6.45) is 5.13. The number of fused-ring (bicyclic) bond motifs is 2. The summed E-state index contributed by atoms with van der Waals surface area (Å²) < 4.78 is 18.9. The van der Waals surface area contributed by atoms with Crippen LogP contribution >= 0.6 is 47.0 Å². The third-order valence-corrected chi connectivity index (χ3v) is 8.00. The Morgan fingerprint density at radius 1 is 0.696 bits per heavy atom. The van der Waals surface area contributed by atoms with Crippen LogP contribution in [0.5, 0.6) is 23.0 Å². The first kappa shape index (κ1) is 33.2. The maximum Gasteiger partial charge on any atom is 0.294 e. The van der Waals surface area contributed by atoms with E-state index in [4.69, 9.17) is 37.0 Å². The maximum absolute atomic E-state index is 12.5. The van der Waals surface area contributed by atoms with Gasteiger partial charge < -0.3 is 9.47 Å². The zero-order valence-electron chi connectivity index (χ0n) is 24.6. The van der Waals surface area contributed by atoms with Gasteiger partial charge in [0.15, 0.2) is 16.7 Å². The van der Waals surface area contributed by atoms with Crippen LogP contribution in [0.2, 0.25) is 10.0 Å². The molecule has 236 valence electrons. The van der Waals surface area contributed by atoms with Crippen molar-refractivity contribution in [2.24, 2.45) is 14.1 Å². The third-order valence-electron chi connectivity index (χ3n) is 6.26. The van der Waals surface area contributed by atoms with Gasteiger partial charge in [-0.25, -0.2) is 24.8 Å². The molecule has 4 heterocycles. The van der Waals surface area contributed by atoms with E-state index in [9.17, 15) is 9.59 Å². The molecule has 0 saturated heterocycles. The number of halogens is 2. The summed E-state index contributed by atoms with van der Waals surface area (Å²) in [4.78, 5) is 46.4. The molecule has 0 spiro atoms. The standard InChI is InChI=1S/C15H12ClN3O4S.C15H12ClN3O2S/c1-19-13-9(8-17-15(18-13)24-23-21-2)7-12(14(19)20)22-11-6-4-3-5-10(11)16;1-19-13-9(8-17-15(18-13)22-2)7-12(14(19)20)21-11-6-4-3-5-10(11)16/h3-8H,1-2H3;3-8H,1-2H3. The average molecular weight is 700 g/mol. The summed E-state index contributed by atoms with van der Waals surface area (Å²) in [6, 6.07) is 17.1. The molecule has 0 fully saturated rings. The summed E-state index contributed by atoms with van der Waals surface area (Å²) in [5.41, 5.74) is 0.391. The summed E-state index contributed by atoms with van der Waals surface area (Å²) in [5.74, 6) is 1.15. The first-order valence-corrected chi connectivity index (χ1v) is 15.9. The summed E-state index contributed by atoms with van der Waals surface area (Å²) in [7, 11) is 4.63. The quantitative estimate of drug-likeness (QED) is 0.0541. The van der Waals surface area contributed by atoms with Crippen LogP contribution in [0.1, 0.15) is 0 Å². The minimum atomic E-state index is -0.343. The van der Waals surface area contributed by atoms with Crippen LogP contribution in [0, 0.1) is 0 Å². The predicted octanol–water partition coefficient (Wildman–Crippen LogP) is 6.86. The van der Waals surface area contributed by atoms with Crippen molar-refractivity contribution >= 4 is 69.1 Å². The van der Waals surface area contributed by atoms with Crippen LogP contribution < -0.4 is 20.6 Å². The van der Waals surface area contributed by atoms with Crippen LogP contribution in [0.4, 0.5) is 0 Å². The van der Waals surface area contributed by atoms with Crippen molar-refractivity contribution in [1.29, 1.82) is 0 Å². The van der Waals surface area contributed by atoms with Gasteiger partial charge in [0.2, 0.25) is 5.16 Å². The molecule has 0 N–H and O–H groups in total. The molecule has 16 heteroatoms. The largest absolute Gasteiger partial charge is 0.450 e. The van der Waals surface area contributed by atoms with Gasteiger partial charge in [0.25, 0.3) is 11.1 Å². The first-order valence-electron chi connectivity index (χ1n) is 13.2. The molecule has 4 aromatic heterocycles. The van der Waals surface area contributed by atoms with Gasteiger partial charge in [-0.1, -0.05) is 59.2 Å². The highest BCUT2D eigenvalue weighted by atomic mass is 35.5. The van der Waals surface area contributed by atoms with Crippen molar-refractivity contribution < 1.29 is 18.7 Å². The van der Waals surface area contributed by atoms with E-state index in [0.717, 1.165) is 17.4 Å². The molecule has 2 aromatic carbocycles. The van der Waals surface area contributed by atoms with Crippen LogP contribution in [0.3, 0.4) is 0 Å². The number of hydrogen-bond acceptors (Lipinski definition) is 12. The highest BCUT2D eigenvalue weighted by molar-refractivity contribution is 7.98. The number of thioether (sulfide) groups is 1. The molecule has 12 nitrogen and oxygen atoms in total. The van der Waals surface area contributed by atoms with E-state index >= 15 is 0 Å². The number of aryl methyl sites for hydroxylation is 2. The molecule has 0 saturated carbocycles. The Hall–Kier alpha value is -4.18. The molecule has 0 unspecified atom stereocenters. The number of ether oxygens (including phenoxy) is 2. The number of aromatic nitrogens is 6. The molecule has 0 aliphatic heterocycles. The number of rotatable bonds is 8. The normalized spacial score (nSPS) is 10.9. The number of pyridine rings is 2. The van der Waals surface area contributed by atoms with E-state index in [1.165, 1.54) is 28.0 Å². The van der Waals surface area contributed by atoms with E-state index in [0.29, 0.717) is 48.5 Å². The smallest absolute Gasteiger partial charge is 0.294 e. The van der Waals surface area contributed by atoms with Gasteiger partial charge in [0, 0.05) is 37.3 Å². The minimum absolute atomic E-state index is 0.134. The van der Waals surface area contributed by atoms with Gasteiger partial charge in [-0.15, -0.1) is 0 Å². The number of nitrogens with zero attached hydrogens (tertiary/aromatic N) is 6. The van der Waals surface area contributed by atoms with Crippen LogP contribution in [0.25, 0.3) is 22.1 Å². The number of para-hydroxylation sites is 2. The Kier molecular flexibility index (Phi) is 10.8. The Morgan fingerprint density at radius 2 is 1.15 bits per heavy atom. The van der Waals surface area contributed by atoms with Crippen molar-refractivity contribution in [2.75, 3.05) is 13.4 Å². The number of hydrogen-bond donors (Lipinski definition) is 0. The third kappa shape index (κ3) is 7.44. The SMILES string of the molecule is COOSc1ncc2cc(Oc3ccccc3Cl)c(=O)n(C)c2n1.CSc1ncc2cc(Oc3ccccc3Cl)c(=O)n(C)c2n1. The van der Waals surface area contributed by atoms with E-state index < -0.39 is 0 Å². The van der Waals surface area contributed by atoms with Crippen molar-refractivity contribution in [3.05, 3.63) is 104 Å². The monoisotopic (exact) mass is 698 g/mol. The summed E-state index contributed by atoms with van der Waals surface area (Å²) >= 11 is 14.4. The fourth-order valence-corrected chi connectivity index (χ4v) is 5.08. The topological polar surface area (TPSA) is 132 Å². The Labute approximate surface area is 280 Å². The molecule has 46 heavy (non-hydrogen) atoms. The zero-order chi connectivity index (χ0) is 32.8. The van der Waals surface area contributed by atoms with E-state index in [1.807, 2.05) is 6.26 Å². The first-order chi connectivity index (χ1) is 22.2. The lowest BCUT2D eigenvalue weighted by Gasteiger charge is -2.10. The molecule has 6 aromatic rings. The molecule has 0 amide bonds. The highest BCUT2D eigenvalue weighted by Crippen LogP contribution is 2.30. The maximum atomic E-state index is 12.5. The van der Waals surface area contributed by atoms with Crippen molar-refractivity contribution in [1.82, 2.24) is 29.1 Å². The van der Waals surface area contributed by atoms with Gasteiger partial charge in [-0.2, -0.15) is 4.33 Å². The van der Waals surface area contributed by atoms with E-state index in [2.05, 4.69) is 24.8 Å². The second kappa shape index (κ2) is 14.9. The fraction of sp³-hybridized carbons (Fsp3) is 0.133. The lowest BCUT2D eigenvalue weighted by molar-refractivity contribution is -0.160. The van der Waals surface area contributed by atoms with Gasteiger partial charge in [0.1, 0.15) is 34.8 Å². The lowest BCUT2D eigenvalue weighted by atomic mass is 10.3. The second-order valence-corrected chi connectivity index (χ2v) is 11.5. The molecule has 0 atom stereocenters. The average Bonchev–Trinajstić information content (AvgIpc) is 3.07. The van der Waals surface area contributed by atoms with Crippen LogP contribution in [0.15, 0.2) is 93.0 Å². The molecule has 6 rings (SSSR count). The van der Waals surface area contributed by atoms with E-state index in [1.54, 1.807) is 87.2 Å². The Morgan fingerprint density at radius 3 is 1.61 bits per heavy atom. The van der Waals surface area contributed by atoms with Crippen LogP contribution in [-0.4, -0.2) is 42.4 Å². The van der Waals surface area contributed by atoms with Gasteiger partial charge >= 0.3 is 0 Å².